The standard InChI is InChI=1S/C18H26N2O4S/c1-14-13-24-12-11-20(14)25(22,23)17-9-7-16(8-10-17)19-18(21)15-5-3-2-4-6-15/h7-10,14-15H,2-6,11-13H2,1H3,(H,19,21). The van der Waals surface area contributed by atoms with Gasteiger partial charge in [-0.05, 0) is 44.0 Å². The molecule has 1 heterocycles. The van der Waals surface area contributed by atoms with Gasteiger partial charge in [0, 0.05) is 24.2 Å². The van der Waals surface area contributed by atoms with E-state index in [-0.39, 0.29) is 22.8 Å². The molecule has 1 saturated heterocycles. The van der Waals surface area contributed by atoms with Crippen LogP contribution in [0.2, 0.25) is 0 Å². The lowest BCUT2D eigenvalue weighted by molar-refractivity contribution is -0.120. The Morgan fingerprint density at radius 3 is 2.48 bits per heavy atom. The van der Waals surface area contributed by atoms with Gasteiger partial charge >= 0.3 is 0 Å². The number of anilines is 1. The number of rotatable bonds is 4. The summed E-state index contributed by atoms with van der Waals surface area (Å²) in [4.78, 5) is 12.5. The Morgan fingerprint density at radius 2 is 1.84 bits per heavy atom. The van der Waals surface area contributed by atoms with Crippen molar-refractivity contribution in [3.63, 3.8) is 0 Å². The number of amides is 1. The SMILES string of the molecule is CC1COCCN1S(=O)(=O)c1ccc(NC(=O)C2CCCCC2)cc1. The van der Waals surface area contributed by atoms with E-state index in [0.29, 0.717) is 25.4 Å². The zero-order valence-corrected chi connectivity index (χ0v) is 15.4. The van der Waals surface area contributed by atoms with Crippen LogP contribution in [0, 0.1) is 5.92 Å². The minimum Gasteiger partial charge on any atom is -0.378 e. The second kappa shape index (κ2) is 7.85. The third kappa shape index (κ3) is 4.22. The summed E-state index contributed by atoms with van der Waals surface area (Å²) in [7, 11) is -3.54. The van der Waals surface area contributed by atoms with Crippen molar-refractivity contribution >= 4 is 21.6 Å². The second-order valence-corrected chi connectivity index (χ2v) is 8.78. The lowest BCUT2D eigenvalue weighted by atomic mass is 9.88. The number of sulfonamides is 1. The summed E-state index contributed by atoms with van der Waals surface area (Å²) in [5, 5.41) is 2.91. The monoisotopic (exact) mass is 366 g/mol. The molecule has 0 radical (unpaired) electrons. The van der Waals surface area contributed by atoms with Gasteiger partial charge in [-0.2, -0.15) is 4.31 Å². The fourth-order valence-electron chi connectivity index (χ4n) is 3.52. The average Bonchev–Trinajstić information content (AvgIpc) is 2.63. The molecule has 6 nitrogen and oxygen atoms in total. The van der Waals surface area contributed by atoms with Crippen molar-refractivity contribution in [3.8, 4) is 0 Å². The molecular formula is C18H26N2O4S. The topological polar surface area (TPSA) is 75.7 Å². The number of nitrogens with one attached hydrogen (secondary N) is 1. The van der Waals surface area contributed by atoms with Gasteiger partial charge in [0.1, 0.15) is 0 Å². The number of nitrogens with zero attached hydrogens (tertiary/aromatic N) is 1. The Hall–Kier alpha value is -1.44. The molecule has 1 N–H and O–H groups in total. The summed E-state index contributed by atoms with van der Waals surface area (Å²) in [6.07, 6.45) is 5.29. The normalized spacial score (nSPS) is 23.3. The van der Waals surface area contributed by atoms with Crippen LogP contribution < -0.4 is 5.32 Å². The molecule has 1 unspecified atom stereocenters. The molecule has 7 heteroatoms. The number of carbonyl (C=O) groups is 1. The molecule has 1 saturated carbocycles. The number of benzene rings is 1. The third-order valence-corrected chi connectivity index (χ3v) is 7.04. The maximum Gasteiger partial charge on any atom is 0.243 e. The van der Waals surface area contributed by atoms with Crippen LogP contribution in [0.5, 0.6) is 0 Å². The zero-order valence-electron chi connectivity index (χ0n) is 14.6. The first kappa shape index (κ1) is 18.4. The van der Waals surface area contributed by atoms with E-state index in [2.05, 4.69) is 5.32 Å². The van der Waals surface area contributed by atoms with Crippen molar-refractivity contribution in [1.29, 1.82) is 0 Å². The number of morpholine rings is 1. The largest absolute Gasteiger partial charge is 0.378 e. The first-order valence-corrected chi connectivity index (χ1v) is 10.4. The van der Waals surface area contributed by atoms with Crippen LogP contribution >= 0.6 is 0 Å². The highest BCUT2D eigenvalue weighted by molar-refractivity contribution is 7.89. The zero-order chi connectivity index (χ0) is 17.9. The summed E-state index contributed by atoms with van der Waals surface area (Å²) >= 11 is 0. The predicted octanol–water partition coefficient (Wildman–Crippen LogP) is 2.61. The molecule has 1 atom stereocenters. The van der Waals surface area contributed by atoms with E-state index in [9.17, 15) is 13.2 Å². The van der Waals surface area contributed by atoms with E-state index in [1.54, 1.807) is 24.3 Å². The van der Waals surface area contributed by atoms with Crippen LogP contribution in [0.15, 0.2) is 29.2 Å². The summed E-state index contributed by atoms with van der Waals surface area (Å²) < 4.78 is 32.3. The lowest BCUT2D eigenvalue weighted by Gasteiger charge is -2.32. The van der Waals surface area contributed by atoms with Crippen LogP contribution in [0.3, 0.4) is 0 Å². The summed E-state index contributed by atoms with van der Waals surface area (Å²) in [5.74, 6) is 0.114. The van der Waals surface area contributed by atoms with Crippen molar-refractivity contribution in [2.45, 2.75) is 50.0 Å². The fourth-order valence-corrected chi connectivity index (χ4v) is 5.12. The van der Waals surface area contributed by atoms with E-state index >= 15 is 0 Å². The van der Waals surface area contributed by atoms with Crippen LogP contribution in [-0.2, 0) is 19.6 Å². The van der Waals surface area contributed by atoms with Crippen LogP contribution in [0.4, 0.5) is 5.69 Å². The highest BCUT2D eigenvalue weighted by atomic mass is 32.2. The molecule has 138 valence electrons. The lowest BCUT2D eigenvalue weighted by Crippen LogP contribution is -2.46. The fraction of sp³-hybridized carbons (Fsp3) is 0.611. The quantitative estimate of drug-likeness (QED) is 0.889. The van der Waals surface area contributed by atoms with Crippen molar-refractivity contribution in [1.82, 2.24) is 4.31 Å². The Morgan fingerprint density at radius 1 is 1.16 bits per heavy atom. The molecule has 2 fully saturated rings. The number of hydrogen-bond acceptors (Lipinski definition) is 4. The first-order chi connectivity index (χ1) is 12.0. The van der Waals surface area contributed by atoms with Gasteiger partial charge in [0.05, 0.1) is 18.1 Å². The Bertz CT molecular complexity index is 696. The summed E-state index contributed by atoms with van der Waals surface area (Å²) in [6.45, 7) is 3.03. The highest BCUT2D eigenvalue weighted by Gasteiger charge is 2.31. The van der Waals surface area contributed by atoms with Gasteiger partial charge in [0.15, 0.2) is 0 Å². The van der Waals surface area contributed by atoms with E-state index < -0.39 is 10.0 Å². The van der Waals surface area contributed by atoms with Crippen molar-refractivity contribution in [2.75, 3.05) is 25.1 Å². The molecule has 25 heavy (non-hydrogen) atoms. The van der Waals surface area contributed by atoms with Crippen molar-refractivity contribution in [3.05, 3.63) is 24.3 Å². The molecule has 1 aliphatic carbocycles. The number of ether oxygens (including phenoxy) is 1. The minimum absolute atomic E-state index is 0.0390. The van der Waals surface area contributed by atoms with Crippen LogP contribution in [0.25, 0.3) is 0 Å². The summed E-state index contributed by atoms with van der Waals surface area (Å²) in [6, 6.07) is 6.28. The van der Waals surface area contributed by atoms with E-state index in [0.717, 1.165) is 25.7 Å². The molecule has 3 rings (SSSR count). The maximum absolute atomic E-state index is 12.8. The summed E-state index contributed by atoms with van der Waals surface area (Å²) in [5.41, 5.74) is 0.643. The Labute approximate surface area is 149 Å². The van der Waals surface area contributed by atoms with E-state index in [4.69, 9.17) is 4.74 Å². The van der Waals surface area contributed by atoms with Gasteiger partial charge in [-0.3, -0.25) is 4.79 Å². The van der Waals surface area contributed by atoms with E-state index in [1.807, 2.05) is 6.92 Å². The van der Waals surface area contributed by atoms with Crippen LogP contribution in [0.1, 0.15) is 39.0 Å². The Kier molecular flexibility index (Phi) is 5.76. The van der Waals surface area contributed by atoms with Gasteiger partial charge in [-0.15, -0.1) is 0 Å². The smallest absolute Gasteiger partial charge is 0.243 e. The van der Waals surface area contributed by atoms with Gasteiger partial charge < -0.3 is 10.1 Å². The van der Waals surface area contributed by atoms with Gasteiger partial charge in [0.25, 0.3) is 0 Å². The van der Waals surface area contributed by atoms with E-state index in [1.165, 1.54) is 10.7 Å². The molecule has 1 aromatic rings. The van der Waals surface area contributed by atoms with Crippen molar-refractivity contribution < 1.29 is 17.9 Å². The van der Waals surface area contributed by atoms with Gasteiger partial charge in [-0.25, -0.2) is 8.42 Å². The minimum atomic E-state index is -3.54. The average molecular weight is 366 g/mol. The molecule has 0 aromatic heterocycles. The molecule has 1 amide bonds. The van der Waals surface area contributed by atoms with Gasteiger partial charge in [-0.1, -0.05) is 19.3 Å². The molecule has 0 spiro atoms. The number of hydrogen-bond donors (Lipinski definition) is 1. The maximum atomic E-state index is 12.8. The Balaban J connectivity index is 1.68. The molecule has 1 aliphatic heterocycles. The van der Waals surface area contributed by atoms with Gasteiger partial charge in [0.2, 0.25) is 15.9 Å². The van der Waals surface area contributed by atoms with Crippen molar-refractivity contribution in [2.24, 2.45) is 5.92 Å². The second-order valence-electron chi connectivity index (χ2n) is 6.89. The molecule has 2 aliphatic rings. The third-order valence-electron chi connectivity index (χ3n) is 5.01. The van der Waals surface area contributed by atoms with Crippen LogP contribution in [-0.4, -0.2) is 44.4 Å². The molecular weight excluding hydrogens is 340 g/mol. The number of carbonyl (C=O) groups excluding carboxylic acids is 1. The molecule has 0 bridgehead atoms. The molecule has 1 aromatic carbocycles. The predicted molar refractivity (Wildman–Crippen MR) is 95.8 cm³/mol. The highest BCUT2D eigenvalue weighted by Crippen LogP contribution is 2.26. The first-order valence-electron chi connectivity index (χ1n) is 8.99.